The molecule has 0 saturated heterocycles. The van der Waals surface area contributed by atoms with Gasteiger partial charge < -0.3 is 10.6 Å². The minimum absolute atomic E-state index is 0.118. The Morgan fingerprint density at radius 3 is 2.86 bits per heavy atom. The van der Waals surface area contributed by atoms with Crippen molar-refractivity contribution in [3.63, 3.8) is 0 Å². The molecule has 1 atom stereocenters. The third kappa shape index (κ3) is 2.29. The maximum atomic E-state index is 11.4. The molecule has 1 unspecified atom stereocenters. The van der Waals surface area contributed by atoms with E-state index in [1.54, 1.807) is 0 Å². The third-order valence-corrected chi connectivity index (χ3v) is 4.47. The highest BCUT2D eigenvalue weighted by molar-refractivity contribution is 5.94. The Bertz CT molecular complexity index is 708. The van der Waals surface area contributed by atoms with Gasteiger partial charge in [0, 0.05) is 17.8 Å². The van der Waals surface area contributed by atoms with Crippen LogP contribution in [0.4, 0.5) is 11.4 Å². The summed E-state index contributed by atoms with van der Waals surface area (Å²) < 4.78 is 0. The van der Waals surface area contributed by atoms with E-state index in [0.717, 1.165) is 30.6 Å². The van der Waals surface area contributed by atoms with Crippen LogP contribution in [0.5, 0.6) is 0 Å². The van der Waals surface area contributed by atoms with Gasteiger partial charge in [0.2, 0.25) is 5.91 Å². The van der Waals surface area contributed by atoms with Gasteiger partial charge in [-0.05, 0) is 54.2 Å². The number of hydrogen-bond acceptors (Lipinski definition) is 2. The normalized spacial score (nSPS) is 19.6. The van der Waals surface area contributed by atoms with Crippen LogP contribution in [0.2, 0.25) is 0 Å². The lowest BCUT2D eigenvalue weighted by Crippen LogP contribution is -2.19. The Balaban J connectivity index is 1.57. The Morgan fingerprint density at radius 2 is 1.90 bits per heavy atom. The summed E-state index contributed by atoms with van der Waals surface area (Å²) in [6, 6.07) is 15.3. The number of hydrogen-bond donors (Lipinski definition) is 2. The fraction of sp³-hybridized carbons (Fsp3) is 0.278. The molecule has 21 heavy (non-hydrogen) atoms. The number of amides is 1. The number of anilines is 2. The zero-order chi connectivity index (χ0) is 14.2. The van der Waals surface area contributed by atoms with Crippen LogP contribution in [0.15, 0.2) is 42.5 Å². The lowest BCUT2D eigenvalue weighted by atomic mass is 10.0. The van der Waals surface area contributed by atoms with Crippen molar-refractivity contribution in [2.75, 3.05) is 10.6 Å². The third-order valence-electron chi connectivity index (χ3n) is 4.47. The van der Waals surface area contributed by atoms with E-state index < -0.39 is 0 Å². The topological polar surface area (TPSA) is 41.1 Å². The molecular weight excluding hydrogens is 260 g/mol. The second-order valence-corrected chi connectivity index (χ2v) is 5.85. The van der Waals surface area contributed by atoms with Crippen molar-refractivity contribution in [2.45, 2.75) is 31.7 Å². The average molecular weight is 278 g/mol. The molecule has 2 aromatic carbocycles. The zero-order valence-corrected chi connectivity index (χ0v) is 11.9. The molecule has 0 radical (unpaired) electrons. The SMILES string of the molecule is O=C1CCc2cc(NC3CCc4ccccc43)ccc2N1. The monoisotopic (exact) mass is 278 g/mol. The molecule has 106 valence electrons. The first kappa shape index (κ1) is 12.5. The Labute approximate surface area is 124 Å². The minimum atomic E-state index is 0.118. The molecular formula is C18H18N2O. The minimum Gasteiger partial charge on any atom is -0.378 e. The van der Waals surface area contributed by atoms with E-state index in [1.165, 1.54) is 16.7 Å². The lowest BCUT2D eigenvalue weighted by molar-refractivity contribution is -0.116. The van der Waals surface area contributed by atoms with Gasteiger partial charge in [-0.3, -0.25) is 4.79 Å². The van der Waals surface area contributed by atoms with Crippen molar-refractivity contribution in [1.29, 1.82) is 0 Å². The number of carbonyl (C=O) groups is 1. The van der Waals surface area contributed by atoms with Gasteiger partial charge in [0.25, 0.3) is 0 Å². The van der Waals surface area contributed by atoms with E-state index in [1.807, 2.05) is 6.07 Å². The average Bonchev–Trinajstić information content (AvgIpc) is 2.91. The van der Waals surface area contributed by atoms with Crippen molar-refractivity contribution in [3.8, 4) is 0 Å². The van der Waals surface area contributed by atoms with Crippen LogP contribution in [0, 0.1) is 0 Å². The summed E-state index contributed by atoms with van der Waals surface area (Å²) in [5.41, 5.74) is 6.21. The van der Waals surface area contributed by atoms with Gasteiger partial charge in [-0.1, -0.05) is 24.3 Å². The predicted octanol–water partition coefficient (Wildman–Crippen LogP) is 3.67. The quantitative estimate of drug-likeness (QED) is 0.880. The van der Waals surface area contributed by atoms with Crippen molar-refractivity contribution in [1.82, 2.24) is 0 Å². The van der Waals surface area contributed by atoms with Crippen molar-refractivity contribution in [2.24, 2.45) is 0 Å². The van der Waals surface area contributed by atoms with Crippen molar-refractivity contribution >= 4 is 17.3 Å². The number of nitrogens with one attached hydrogen (secondary N) is 2. The number of benzene rings is 2. The molecule has 1 amide bonds. The molecule has 0 aromatic heterocycles. The molecule has 0 fully saturated rings. The van der Waals surface area contributed by atoms with Crippen LogP contribution < -0.4 is 10.6 Å². The Kier molecular flexibility index (Phi) is 2.92. The smallest absolute Gasteiger partial charge is 0.224 e. The highest BCUT2D eigenvalue weighted by Gasteiger charge is 2.22. The van der Waals surface area contributed by atoms with Gasteiger partial charge in [0.1, 0.15) is 0 Å². The molecule has 1 heterocycles. The molecule has 2 aromatic rings. The largest absolute Gasteiger partial charge is 0.378 e. The number of fused-ring (bicyclic) bond motifs is 2. The van der Waals surface area contributed by atoms with E-state index in [9.17, 15) is 4.79 Å². The molecule has 2 aliphatic rings. The van der Waals surface area contributed by atoms with Gasteiger partial charge in [-0.25, -0.2) is 0 Å². The maximum Gasteiger partial charge on any atom is 0.224 e. The van der Waals surface area contributed by atoms with E-state index in [0.29, 0.717) is 12.5 Å². The number of aryl methyl sites for hydroxylation is 2. The van der Waals surface area contributed by atoms with Gasteiger partial charge in [0.15, 0.2) is 0 Å². The van der Waals surface area contributed by atoms with Gasteiger partial charge in [0.05, 0.1) is 6.04 Å². The second kappa shape index (κ2) is 4.92. The van der Waals surface area contributed by atoms with E-state index in [4.69, 9.17) is 0 Å². The highest BCUT2D eigenvalue weighted by atomic mass is 16.1. The number of rotatable bonds is 2. The first-order valence-electron chi connectivity index (χ1n) is 7.57. The van der Waals surface area contributed by atoms with Crippen LogP contribution in [-0.4, -0.2) is 5.91 Å². The second-order valence-electron chi connectivity index (χ2n) is 5.85. The number of carbonyl (C=O) groups excluding carboxylic acids is 1. The van der Waals surface area contributed by atoms with E-state index in [2.05, 4.69) is 47.0 Å². The molecule has 0 bridgehead atoms. The van der Waals surface area contributed by atoms with Crippen molar-refractivity contribution < 1.29 is 4.79 Å². The fourth-order valence-corrected chi connectivity index (χ4v) is 3.38. The molecule has 3 heteroatoms. The fourth-order valence-electron chi connectivity index (χ4n) is 3.38. The summed E-state index contributed by atoms with van der Waals surface area (Å²) in [5, 5.41) is 6.58. The van der Waals surface area contributed by atoms with Crippen LogP contribution >= 0.6 is 0 Å². The van der Waals surface area contributed by atoms with Crippen LogP contribution in [0.25, 0.3) is 0 Å². The molecule has 2 N–H and O–H groups in total. The lowest BCUT2D eigenvalue weighted by Gasteiger charge is -2.20. The van der Waals surface area contributed by atoms with Gasteiger partial charge in [-0.2, -0.15) is 0 Å². The van der Waals surface area contributed by atoms with E-state index in [-0.39, 0.29) is 5.91 Å². The molecule has 4 rings (SSSR count). The first-order chi connectivity index (χ1) is 10.3. The summed E-state index contributed by atoms with van der Waals surface area (Å²) in [6.45, 7) is 0. The Hall–Kier alpha value is -2.29. The first-order valence-corrected chi connectivity index (χ1v) is 7.57. The van der Waals surface area contributed by atoms with Crippen LogP contribution in [-0.2, 0) is 17.6 Å². The standard InChI is InChI=1S/C18H18N2O/c21-18-10-6-13-11-14(7-9-16(13)20-18)19-17-8-5-12-3-1-2-4-15(12)17/h1-4,7,9,11,17,19H,5-6,8,10H2,(H,20,21). The summed E-state index contributed by atoms with van der Waals surface area (Å²) in [6.07, 6.45) is 3.71. The summed E-state index contributed by atoms with van der Waals surface area (Å²) in [4.78, 5) is 11.4. The molecule has 1 aliphatic heterocycles. The molecule has 0 spiro atoms. The summed E-state index contributed by atoms with van der Waals surface area (Å²) in [7, 11) is 0. The van der Waals surface area contributed by atoms with Gasteiger partial charge in [-0.15, -0.1) is 0 Å². The van der Waals surface area contributed by atoms with Crippen LogP contribution in [0.1, 0.15) is 35.6 Å². The van der Waals surface area contributed by atoms with Crippen molar-refractivity contribution in [3.05, 3.63) is 59.2 Å². The predicted molar refractivity (Wildman–Crippen MR) is 84.5 cm³/mol. The van der Waals surface area contributed by atoms with Gasteiger partial charge >= 0.3 is 0 Å². The molecule has 1 aliphatic carbocycles. The molecule has 3 nitrogen and oxygen atoms in total. The van der Waals surface area contributed by atoms with Crippen LogP contribution in [0.3, 0.4) is 0 Å². The highest BCUT2D eigenvalue weighted by Crippen LogP contribution is 2.34. The Morgan fingerprint density at radius 1 is 1.00 bits per heavy atom. The van der Waals surface area contributed by atoms with E-state index >= 15 is 0 Å². The molecule has 0 saturated carbocycles. The summed E-state index contributed by atoms with van der Waals surface area (Å²) in [5.74, 6) is 0.118. The maximum absolute atomic E-state index is 11.4. The zero-order valence-electron chi connectivity index (χ0n) is 11.9. The summed E-state index contributed by atoms with van der Waals surface area (Å²) >= 11 is 0.